The lowest BCUT2D eigenvalue weighted by molar-refractivity contribution is -0.146. The summed E-state index contributed by atoms with van der Waals surface area (Å²) in [6.45, 7) is 4.39. The topological polar surface area (TPSA) is 76.0 Å². The summed E-state index contributed by atoms with van der Waals surface area (Å²) in [6, 6.07) is -0.0787. The first kappa shape index (κ1) is 18.5. The maximum atomic E-state index is 12.9. The maximum Gasteiger partial charge on any atom is 0.226 e. The molecule has 1 aromatic heterocycles. The third kappa shape index (κ3) is 3.50. The number of rotatable bonds is 6. The van der Waals surface area contributed by atoms with E-state index in [9.17, 15) is 9.59 Å². The fourth-order valence-electron chi connectivity index (χ4n) is 6.20. The summed E-state index contributed by atoms with van der Waals surface area (Å²) in [6.07, 6.45) is 9.32. The van der Waals surface area contributed by atoms with Crippen LogP contribution in [-0.2, 0) is 16.6 Å². The largest absolute Gasteiger partial charge is 0.355 e. The molecule has 1 heterocycles. The summed E-state index contributed by atoms with van der Waals surface area (Å²) in [7, 11) is 1.90. The Hall–Kier alpha value is -1.85. The second kappa shape index (κ2) is 6.95. The van der Waals surface area contributed by atoms with E-state index in [1.54, 1.807) is 6.20 Å². The Bertz CT molecular complexity index is 703. The van der Waals surface area contributed by atoms with Crippen LogP contribution in [0.15, 0.2) is 6.20 Å². The maximum absolute atomic E-state index is 12.9. The molecule has 1 atom stereocenters. The number of aromatic nitrogens is 2. The zero-order valence-corrected chi connectivity index (χ0v) is 16.8. The number of carbonyl (C=O) groups excluding carboxylic acids is 2. The smallest absolute Gasteiger partial charge is 0.226 e. The molecule has 6 nitrogen and oxygen atoms in total. The number of nitrogens with zero attached hydrogens (tertiary/aromatic N) is 2. The molecule has 2 N–H and O–H groups in total. The van der Waals surface area contributed by atoms with Gasteiger partial charge in [-0.15, -0.1) is 0 Å². The van der Waals surface area contributed by atoms with E-state index in [0.717, 1.165) is 48.3 Å². The zero-order chi connectivity index (χ0) is 19.2. The van der Waals surface area contributed by atoms with Crippen LogP contribution in [0.3, 0.4) is 0 Å². The minimum absolute atomic E-state index is 0.0310. The van der Waals surface area contributed by atoms with Gasteiger partial charge in [0.2, 0.25) is 11.8 Å². The van der Waals surface area contributed by atoms with Crippen LogP contribution in [0.2, 0.25) is 0 Å². The predicted octanol–water partition coefficient (Wildman–Crippen LogP) is 2.63. The van der Waals surface area contributed by atoms with Crippen LogP contribution < -0.4 is 10.6 Å². The molecule has 4 fully saturated rings. The SMILES string of the molecule is Cc1c([C@H](C)NC(=O)CCNC(=O)C23CC4CC(CC(C4)C2)C3)cnn1C. The van der Waals surface area contributed by atoms with Gasteiger partial charge in [0.1, 0.15) is 0 Å². The lowest BCUT2D eigenvalue weighted by atomic mass is 9.49. The molecule has 0 aliphatic heterocycles. The van der Waals surface area contributed by atoms with E-state index in [-0.39, 0.29) is 23.3 Å². The van der Waals surface area contributed by atoms with Crippen molar-refractivity contribution in [2.45, 2.75) is 64.8 Å². The first-order valence-electron chi connectivity index (χ1n) is 10.4. The van der Waals surface area contributed by atoms with Gasteiger partial charge in [-0.1, -0.05) is 0 Å². The normalized spacial score (nSPS) is 32.3. The van der Waals surface area contributed by atoms with Gasteiger partial charge in [-0.3, -0.25) is 14.3 Å². The molecule has 0 aromatic carbocycles. The summed E-state index contributed by atoms with van der Waals surface area (Å²) in [5.41, 5.74) is 1.95. The number of aryl methyl sites for hydroxylation is 1. The average Bonchev–Trinajstić information content (AvgIpc) is 2.93. The Labute approximate surface area is 161 Å². The van der Waals surface area contributed by atoms with Crippen LogP contribution in [-0.4, -0.2) is 28.1 Å². The lowest BCUT2D eigenvalue weighted by Gasteiger charge is -2.55. The van der Waals surface area contributed by atoms with Crippen molar-refractivity contribution in [1.29, 1.82) is 0 Å². The minimum atomic E-state index is -0.134. The van der Waals surface area contributed by atoms with Gasteiger partial charge in [0.15, 0.2) is 0 Å². The first-order valence-corrected chi connectivity index (χ1v) is 10.4. The molecule has 27 heavy (non-hydrogen) atoms. The summed E-state index contributed by atoms with van der Waals surface area (Å²) in [5, 5.41) is 10.3. The van der Waals surface area contributed by atoms with Gasteiger partial charge in [0.25, 0.3) is 0 Å². The van der Waals surface area contributed by atoms with Crippen LogP contribution >= 0.6 is 0 Å². The van der Waals surface area contributed by atoms with Gasteiger partial charge >= 0.3 is 0 Å². The number of hydrogen-bond acceptors (Lipinski definition) is 3. The highest BCUT2D eigenvalue weighted by Crippen LogP contribution is 2.60. The fourth-order valence-corrected chi connectivity index (χ4v) is 6.20. The van der Waals surface area contributed by atoms with Gasteiger partial charge in [0.05, 0.1) is 12.2 Å². The molecular weight excluding hydrogens is 340 g/mol. The molecule has 4 aliphatic carbocycles. The average molecular weight is 373 g/mol. The number of hydrogen-bond donors (Lipinski definition) is 2. The summed E-state index contributed by atoms with van der Waals surface area (Å²) in [5.74, 6) is 2.44. The minimum Gasteiger partial charge on any atom is -0.355 e. The molecule has 0 radical (unpaired) electrons. The van der Waals surface area contributed by atoms with E-state index >= 15 is 0 Å². The molecule has 0 saturated heterocycles. The van der Waals surface area contributed by atoms with E-state index in [1.807, 2.05) is 25.6 Å². The molecule has 2 amide bonds. The van der Waals surface area contributed by atoms with Gasteiger partial charge in [0, 0.05) is 36.7 Å². The van der Waals surface area contributed by atoms with E-state index in [2.05, 4.69) is 15.7 Å². The Balaban J connectivity index is 1.25. The molecule has 0 unspecified atom stereocenters. The highest BCUT2D eigenvalue weighted by Gasteiger charge is 2.54. The standard InChI is InChI=1S/C21H32N4O2/c1-13(18-12-23-25(3)14(18)2)24-19(26)4-5-22-20(27)21-9-15-6-16(10-21)8-17(7-15)11-21/h12-13,15-17H,4-11H2,1-3H3,(H,22,27)(H,24,26)/t13-,15?,16?,17?,21?/m0/s1. The second-order valence-electron chi connectivity index (χ2n) is 9.30. The quantitative estimate of drug-likeness (QED) is 0.806. The fraction of sp³-hybridized carbons (Fsp3) is 0.762. The Morgan fingerprint density at radius 2 is 1.81 bits per heavy atom. The first-order chi connectivity index (χ1) is 12.9. The molecular formula is C21H32N4O2. The van der Waals surface area contributed by atoms with Crippen LogP contribution in [0, 0.1) is 30.1 Å². The summed E-state index contributed by atoms with van der Waals surface area (Å²) < 4.78 is 1.81. The highest BCUT2D eigenvalue weighted by atomic mass is 16.2. The van der Waals surface area contributed by atoms with Gasteiger partial charge in [-0.25, -0.2) is 0 Å². The molecule has 5 rings (SSSR count). The van der Waals surface area contributed by atoms with E-state index < -0.39 is 0 Å². The van der Waals surface area contributed by atoms with Crippen molar-refractivity contribution in [1.82, 2.24) is 20.4 Å². The predicted molar refractivity (Wildman–Crippen MR) is 103 cm³/mol. The van der Waals surface area contributed by atoms with Crippen molar-refractivity contribution in [3.8, 4) is 0 Å². The second-order valence-corrected chi connectivity index (χ2v) is 9.30. The van der Waals surface area contributed by atoms with Crippen molar-refractivity contribution in [3.63, 3.8) is 0 Å². The number of carbonyl (C=O) groups is 2. The Kier molecular flexibility index (Phi) is 4.77. The molecule has 4 aliphatic rings. The molecule has 4 saturated carbocycles. The molecule has 1 aromatic rings. The summed E-state index contributed by atoms with van der Waals surface area (Å²) >= 11 is 0. The third-order valence-corrected chi connectivity index (χ3v) is 7.27. The highest BCUT2D eigenvalue weighted by molar-refractivity contribution is 5.84. The van der Waals surface area contributed by atoms with Gasteiger partial charge in [-0.2, -0.15) is 5.10 Å². The summed E-state index contributed by atoms with van der Waals surface area (Å²) in [4.78, 5) is 25.2. The van der Waals surface area contributed by atoms with Crippen LogP contribution in [0.1, 0.15) is 69.2 Å². The van der Waals surface area contributed by atoms with Crippen molar-refractivity contribution in [2.24, 2.45) is 30.2 Å². The van der Waals surface area contributed by atoms with E-state index in [1.165, 1.54) is 19.3 Å². The van der Waals surface area contributed by atoms with Crippen LogP contribution in [0.25, 0.3) is 0 Å². The zero-order valence-electron chi connectivity index (χ0n) is 16.8. The molecule has 6 heteroatoms. The van der Waals surface area contributed by atoms with Crippen molar-refractivity contribution in [2.75, 3.05) is 6.54 Å². The van der Waals surface area contributed by atoms with E-state index in [0.29, 0.717) is 13.0 Å². The van der Waals surface area contributed by atoms with Crippen molar-refractivity contribution >= 4 is 11.8 Å². The lowest BCUT2D eigenvalue weighted by Crippen LogP contribution is -2.53. The van der Waals surface area contributed by atoms with Gasteiger partial charge in [-0.05, 0) is 70.1 Å². The van der Waals surface area contributed by atoms with Crippen molar-refractivity contribution < 1.29 is 9.59 Å². The molecule has 0 spiro atoms. The van der Waals surface area contributed by atoms with E-state index in [4.69, 9.17) is 0 Å². The molecule has 4 bridgehead atoms. The van der Waals surface area contributed by atoms with Crippen molar-refractivity contribution in [3.05, 3.63) is 17.5 Å². The molecule has 148 valence electrons. The Morgan fingerprint density at radius 3 is 2.33 bits per heavy atom. The monoisotopic (exact) mass is 372 g/mol. The van der Waals surface area contributed by atoms with Gasteiger partial charge < -0.3 is 10.6 Å². The third-order valence-electron chi connectivity index (χ3n) is 7.27. The number of amides is 2. The Morgan fingerprint density at radius 1 is 1.22 bits per heavy atom. The van der Waals surface area contributed by atoms with Crippen LogP contribution in [0.4, 0.5) is 0 Å². The van der Waals surface area contributed by atoms with Crippen LogP contribution in [0.5, 0.6) is 0 Å². The number of nitrogens with one attached hydrogen (secondary N) is 2.